The average molecular weight is 202 g/mol. The molecule has 15 heavy (non-hydrogen) atoms. The molecule has 0 saturated heterocycles. The third-order valence-electron chi connectivity index (χ3n) is 2.91. The van der Waals surface area contributed by atoms with Gasteiger partial charge in [-0.3, -0.25) is 0 Å². The van der Waals surface area contributed by atoms with Crippen molar-refractivity contribution in [2.75, 3.05) is 18.6 Å². The lowest BCUT2D eigenvalue weighted by atomic mass is 10.1. The summed E-state index contributed by atoms with van der Waals surface area (Å²) in [7, 11) is 2.11. The molecule has 0 spiro atoms. The maximum Gasteiger partial charge on any atom is 0.0941 e. The summed E-state index contributed by atoms with van der Waals surface area (Å²) in [5.41, 5.74) is 5.36. The molecule has 0 radical (unpaired) electrons. The first-order valence-electron chi connectivity index (χ1n) is 5.32. The topological polar surface area (TPSA) is 6.48 Å². The Bertz CT molecular complexity index is 387. The summed E-state index contributed by atoms with van der Waals surface area (Å²) in [4.78, 5) is 4.58. The molecule has 0 fully saturated rings. The Hall–Kier alpha value is -1.44. The fourth-order valence-electron chi connectivity index (χ4n) is 2.24. The standard InChI is InChI=1S/C13H18N2/c1-10-6-5-7-11(2)13(10)15-9-14(4)8-12(15)3/h5-8H,9H2,1-4H3. The summed E-state index contributed by atoms with van der Waals surface area (Å²) in [5, 5.41) is 0. The van der Waals surface area contributed by atoms with Crippen molar-refractivity contribution in [1.82, 2.24) is 4.90 Å². The number of anilines is 1. The van der Waals surface area contributed by atoms with Gasteiger partial charge in [0.2, 0.25) is 0 Å². The van der Waals surface area contributed by atoms with Gasteiger partial charge in [0.1, 0.15) is 0 Å². The Labute approximate surface area is 91.8 Å². The van der Waals surface area contributed by atoms with Crippen molar-refractivity contribution >= 4 is 5.69 Å². The van der Waals surface area contributed by atoms with E-state index in [1.807, 2.05) is 0 Å². The fourth-order valence-corrected chi connectivity index (χ4v) is 2.24. The van der Waals surface area contributed by atoms with E-state index in [0.717, 1.165) is 6.67 Å². The van der Waals surface area contributed by atoms with Gasteiger partial charge in [0, 0.05) is 24.6 Å². The predicted octanol–water partition coefficient (Wildman–Crippen LogP) is 2.87. The third kappa shape index (κ3) is 1.72. The Morgan fingerprint density at radius 2 is 1.67 bits per heavy atom. The quantitative estimate of drug-likeness (QED) is 0.691. The maximum atomic E-state index is 2.37. The molecule has 0 atom stereocenters. The Kier molecular flexibility index (Phi) is 2.43. The summed E-state index contributed by atoms with van der Waals surface area (Å²) >= 11 is 0. The SMILES string of the molecule is CC1=CN(C)CN1c1c(C)cccc1C. The summed E-state index contributed by atoms with van der Waals surface area (Å²) in [6.45, 7) is 7.47. The van der Waals surface area contributed by atoms with Crippen LogP contribution in [-0.2, 0) is 0 Å². The first-order chi connectivity index (χ1) is 7.09. The van der Waals surface area contributed by atoms with Crippen LogP contribution in [0.25, 0.3) is 0 Å². The molecular weight excluding hydrogens is 184 g/mol. The second-order valence-electron chi connectivity index (χ2n) is 4.34. The van der Waals surface area contributed by atoms with E-state index in [1.54, 1.807) is 0 Å². The van der Waals surface area contributed by atoms with Crippen LogP contribution in [0.4, 0.5) is 5.69 Å². The lowest BCUT2D eigenvalue weighted by Crippen LogP contribution is -2.25. The van der Waals surface area contributed by atoms with Crippen molar-refractivity contribution in [3.63, 3.8) is 0 Å². The van der Waals surface area contributed by atoms with Crippen molar-refractivity contribution in [2.45, 2.75) is 20.8 Å². The minimum atomic E-state index is 0.956. The number of nitrogens with zero attached hydrogens (tertiary/aromatic N) is 2. The van der Waals surface area contributed by atoms with Crippen molar-refractivity contribution in [3.05, 3.63) is 41.2 Å². The number of rotatable bonds is 1. The van der Waals surface area contributed by atoms with Gasteiger partial charge >= 0.3 is 0 Å². The van der Waals surface area contributed by atoms with Gasteiger partial charge in [-0.15, -0.1) is 0 Å². The smallest absolute Gasteiger partial charge is 0.0941 e. The average Bonchev–Trinajstić information content (AvgIpc) is 2.45. The van der Waals surface area contributed by atoms with Crippen molar-refractivity contribution in [1.29, 1.82) is 0 Å². The highest BCUT2D eigenvalue weighted by molar-refractivity contribution is 5.63. The van der Waals surface area contributed by atoms with Crippen LogP contribution in [0.3, 0.4) is 0 Å². The van der Waals surface area contributed by atoms with E-state index in [0.29, 0.717) is 0 Å². The van der Waals surface area contributed by atoms with E-state index >= 15 is 0 Å². The van der Waals surface area contributed by atoms with Crippen molar-refractivity contribution in [2.24, 2.45) is 0 Å². The minimum Gasteiger partial charge on any atom is -0.361 e. The monoisotopic (exact) mass is 202 g/mol. The molecule has 0 bridgehead atoms. The first-order valence-corrected chi connectivity index (χ1v) is 5.32. The zero-order valence-corrected chi connectivity index (χ0v) is 9.91. The number of aryl methyl sites for hydroxylation is 2. The molecule has 0 aromatic heterocycles. The van der Waals surface area contributed by atoms with Crippen LogP contribution < -0.4 is 4.90 Å². The second kappa shape index (κ2) is 3.61. The van der Waals surface area contributed by atoms with E-state index in [2.05, 4.69) is 62.0 Å². The van der Waals surface area contributed by atoms with Crippen LogP contribution in [0, 0.1) is 13.8 Å². The number of hydrogen-bond acceptors (Lipinski definition) is 2. The molecule has 0 saturated carbocycles. The number of hydrogen-bond donors (Lipinski definition) is 0. The van der Waals surface area contributed by atoms with Crippen molar-refractivity contribution in [3.8, 4) is 0 Å². The van der Waals surface area contributed by atoms with Crippen LogP contribution in [0.2, 0.25) is 0 Å². The molecule has 0 N–H and O–H groups in total. The lowest BCUT2D eigenvalue weighted by molar-refractivity contribution is 0.495. The highest BCUT2D eigenvalue weighted by Crippen LogP contribution is 2.30. The van der Waals surface area contributed by atoms with Gasteiger partial charge < -0.3 is 9.80 Å². The van der Waals surface area contributed by atoms with E-state index < -0.39 is 0 Å². The summed E-state index contributed by atoms with van der Waals surface area (Å²) < 4.78 is 0. The van der Waals surface area contributed by atoms with Gasteiger partial charge in [-0.25, -0.2) is 0 Å². The number of benzene rings is 1. The predicted molar refractivity (Wildman–Crippen MR) is 64.8 cm³/mol. The molecule has 80 valence electrons. The molecule has 1 aromatic carbocycles. The van der Waals surface area contributed by atoms with E-state index in [1.165, 1.54) is 22.5 Å². The maximum absolute atomic E-state index is 2.37. The van der Waals surface area contributed by atoms with E-state index in [4.69, 9.17) is 0 Å². The molecule has 1 aromatic rings. The molecule has 2 nitrogen and oxygen atoms in total. The molecule has 0 aliphatic carbocycles. The molecule has 1 aliphatic heterocycles. The normalized spacial score (nSPS) is 15.9. The van der Waals surface area contributed by atoms with Crippen LogP contribution >= 0.6 is 0 Å². The van der Waals surface area contributed by atoms with Gasteiger partial charge in [0.05, 0.1) is 6.67 Å². The highest BCUT2D eigenvalue weighted by atomic mass is 15.3. The Balaban J connectivity index is 2.43. The first kappa shape index (κ1) is 10.1. The van der Waals surface area contributed by atoms with Crippen molar-refractivity contribution < 1.29 is 0 Å². The molecule has 0 amide bonds. The highest BCUT2D eigenvalue weighted by Gasteiger charge is 2.19. The van der Waals surface area contributed by atoms with Gasteiger partial charge in [-0.2, -0.15) is 0 Å². The van der Waals surface area contributed by atoms with Crippen LogP contribution in [0.15, 0.2) is 30.1 Å². The molecule has 0 unspecified atom stereocenters. The van der Waals surface area contributed by atoms with Gasteiger partial charge in [-0.1, -0.05) is 18.2 Å². The van der Waals surface area contributed by atoms with Crippen LogP contribution in [0.1, 0.15) is 18.1 Å². The third-order valence-corrected chi connectivity index (χ3v) is 2.91. The lowest BCUT2D eigenvalue weighted by Gasteiger charge is -2.25. The number of para-hydroxylation sites is 1. The zero-order chi connectivity index (χ0) is 11.0. The molecule has 2 rings (SSSR count). The Morgan fingerprint density at radius 3 is 2.13 bits per heavy atom. The molecular formula is C13H18N2. The summed E-state index contributed by atoms with van der Waals surface area (Å²) in [5.74, 6) is 0. The van der Waals surface area contributed by atoms with Gasteiger partial charge in [-0.05, 0) is 31.9 Å². The van der Waals surface area contributed by atoms with E-state index in [-0.39, 0.29) is 0 Å². The van der Waals surface area contributed by atoms with Gasteiger partial charge in [0.15, 0.2) is 0 Å². The van der Waals surface area contributed by atoms with E-state index in [9.17, 15) is 0 Å². The molecule has 1 aliphatic rings. The Morgan fingerprint density at radius 1 is 1.07 bits per heavy atom. The zero-order valence-electron chi connectivity index (χ0n) is 9.91. The summed E-state index contributed by atoms with van der Waals surface area (Å²) in [6, 6.07) is 6.47. The molecule has 2 heteroatoms. The largest absolute Gasteiger partial charge is 0.361 e. The minimum absolute atomic E-state index is 0.956. The van der Waals surface area contributed by atoms with Gasteiger partial charge in [0.25, 0.3) is 0 Å². The van der Waals surface area contributed by atoms with Crippen LogP contribution in [0.5, 0.6) is 0 Å². The van der Waals surface area contributed by atoms with Crippen LogP contribution in [-0.4, -0.2) is 18.6 Å². The second-order valence-corrected chi connectivity index (χ2v) is 4.34. The molecule has 1 heterocycles. The fraction of sp³-hybridized carbons (Fsp3) is 0.385. The summed E-state index contributed by atoms with van der Waals surface area (Å²) in [6.07, 6.45) is 2.19. The number of allylic oxidation sites excluding steroid dienone is 1.